The van der Waals surface area contributed by atoms with Crippen molar-refractivity contribution in [1.29, 1.82) is 0 Å². The number of hydrogen-bond donors (Lipinski definition) is 1. The van der Waals surface area contributed by atoms with Crippen LogP contribution >= 0.6 is 0 Å². The van der Waals surface area contributed by atoms with Gasteiger partial charge in [-0.1, -0.05) is 36.4 Å². The van der Waals surface area contributed by atoms with Gasteiger partial charge in [-0.2, -0.15) is 0 Å². The lowest BCUT2D eigenvalue weighted by atomic mass is 10.1. The van der Waals surface area contributed by atoms with Crippen LogP contribution in [0.5, 0.6) is 0 Å². The standard InChI is InChI=1S/C16H15NO3/c1-20-16-14(18)12-9-5-6-10-13(12)17(16)15(19)11-7-3-2-4-8-11/h2-10,14,16,18H,1H3/t14-,16+/m0/s1. The SMILES string of the molecule is CO[C@@H]1[C@@H](O)c2ccccc2N1C(=O)c1ccccc1. The van der Waals surface area contributed by atoms with Crippen molar-refractivity contribution in [3.05, 3.63) is 65.7 Å². The topological polar surface area (TPSA) is 49.8 Å². The normalized spacial score (nSPS) is 20.8. The zero-order chi connectivity index (χ0) is 14.1. The summed E-state index contributed by atoms with van der Waals surface area (Å²) in [6, 6.07) is 16.3. The van der Waals surface area contributed by atoms with E-state index in [-0.39, 0.29) is 5.91 Å². The molecule has 1 heterocycles. The average molecular weight is 269 g/mol. The summed E-state index contributed by atoms with van der Waals surface area (Å²) in [5.41, 5.74) is 1.97. The van der Waals surface area contributed by atoms with Gasteiger partial charge in [-0.3, -0.25) is 9.69 Å². The molecule has 0 fully saturated rings. The number of aliphatic hydroxyl groups is 1. The summed E-state index contributed by atoms with van der Waals surface area (Å²) in [4.78, 5) is 14.2. The number of hydrogen-bond acceptors (Lipinski definition) is 3. The van der Waals surface area contributed by atoms with Gasteiger partial charge in [-0.05, 0) is 18.2 Å². The molecule has 0 unspecified atom stereocenters. The Morgan fingerprint density at radius 1 is 1.10 bits per heavy atom. The molecule has 0 aliphatic carbocycles. The summed E-state index contributed by atoms with van der Waals surface area (Å²) in [7, 11) is 1.49. The predicted molar refractivity (Wildman–Crippen MR) is 75.5 cm³/mol. The van der Waals surface area contributed by atoms with Gasteiger partial charge in [0.15, 0.2) is 6.23 Å². The van der Waals surface area contributed by atoms with Crippen LogP contribution in [0.4, 0.5) is 5.69 Å². The Hall–Kier alpha value is -2.17. The summed E-state index contributed by atoms with van der Waals surface area (Å²) < 4.78 is 5.32. The molecule has 4 heteroatoms. The number of ether oxygens (including phenoxy) is 1. The van der Waals surface area contributed by atoms with Crippen LogP contribution in [-0.4, -0.2) is 24.4 Å². The van der Waals surface area contributed by atoms with E-state index < -0.39 is 12.3 Å². The third-order valence-corrected chi connectivity index (χ3v) is 3.52. The third-order valence-electron chi connectivity index (χ3n) is 3.52. The predicted octanol–water partition coefficient (Wildman–Crippen LogP) is 2.35. The van der Waals surface area contributed by atoms with Crippen molar-refractivity contribution in [3.8, 4) is 0 Å². The van der Waals surface area contributed by atoms with Crippen LogP contribution in [0.2, 0.25) is 0 Å². The first-order valence-corrected chi connectivity index (χ1v) is 6.42. The third kappa shape index (κ3) is 1.90. The van der Waals surface area contributed by atoms with Gasteiger partial charge >= 0.3 is 0 Å². The van der Waals surface area contributed by atoms with Crippen LogP contribution in [0, 0.1) is 0 Å². The van der Waals surface area contributed by atoms with E-state index in [2.05, 4.69) is 0 Å². The zero-order valence-corrected chi connectivity index (χ0v) is 11.1. The van der Waals surface area contributed by atoms with Crippen LogP contribution in [0.3, 0.4) is 0 Å². The number of nitrogens with zero attached hydrogens (tertiary/aromatic N) is 1. The highest BCUT2D eigenvalue weighted by molar-refractivity contribution is 6.07. The molecule has 102 valence electrons. The van der Waals surface area contributed by atoms with Crippen molar-refractivity contribution in [2.24, 2.45) is 0 Å². The molecular formula is C16H15NO3. The molecule has 4 nitrogen and oxygen atoms in total. The fourth-order valence-corrected chi connectivity index (χ4v) is 2.57. The summed E-state index contributed by atoms with van der Waals surface area (Å²) in [6.07, 6.45) is -1.52. The second-order valence-electron chi connectivity index (χ2n) is 4.67. The lowest BCUT2D eigenvalue weighted by Gasteiger charge is -2.25. The number of anilines is 1. The van der Waals surface area contributed by atoms with Crippen molar-refractivity contribution < 1.29 is 14.6 Å². The van der Waals surface area contributed by atoms with Gasteiger partial charge < -0.3 is 9.84 Å². The molecule has 0 aromatic heterocycles. The molecule has 2 aromatic carbocycles. The number of para-hydroxylation sites is 1. The molecule has 1 aliphatic heterocycles. The first-order valence-electron chi connectivity index (χ1n) is 6.42. The van der Waals surface area contributed by atoms with Gasteiger partial charge in [0.1, 0.15) is 6.10 Å². The minimum atomic E-state index is -0.830. The largest absolute Gasteiger partial charge is 0.384 e. The van der Waals surface area contributed by atoms with Gasteiger partial charge in [-0.15, -0.1) is 0 Å². The highest BCUT2D eigenvalue weighted by Crippen LogP contribution is 2.40. The Labute approximate surface area is 117 Å². The molecule has 1 aliphatic rings. The van der Waals surface area contributed by atoms with E-state index in [1.807, 2.05) is 42.5 Å². The number of carbonyl (C=O) groups is 1. The molecular weight excluding hydrogens is 254 g/mol. The molecule has 0 radical (unpaired) electrons. The number of carbonyl (C=O) groups excluding carboxylic acids is 1. The Morgan fingerprint density at radius 2 is 1.75 bits per heavy atom. The van der Waals surface area contributed by atoms with Gasteiger partial charge in [0.2, 0.25) is 0 Å². The maximum atomic E-state index is 12.7. The fourth-order valence-electron chi connectivity index (χ4n) is 2.57. The number of benzene rings is 2. The van der Waals surface area contributed by atoms with E-state index in [9.17, 15) is 9.90 Å². The average Bonchev–Trinajstić information content (AvgIpc) is 2.80. The first kappa shape index (κ1) is 12.8. The molecule has 0 saturated heterocycles. The molecule has 1 amide bonds. The Morgan fingerprint density at radius 3 is 2.45 bits per heavy atom. The molecule has 20 heavy (non-hydrogen) atoms. The Balaban J connectivity index is 2.05. The second kappa shape index (κ2) is 5.07. The highest BCUT2D eigenvalue weighted by atomic mass is 16.5. The highest BCUT2D eigenvalue weighted by Gasteiger charge is 2.41. The van der Waals surface area contributed by atoms with Crippen molar-refractivity contribution in [2.45, 2.75) is 12.3 Å². The zero-order valence-electron chi connectivity index (χ0n) is 11.1. The lowest BCUT2D eigenvalue weighted by molar-refractivity contribution is -0.00264. The Bertz CT molecular complexity index is 627. The minimum Gasteiger partial charge on any atom is -0.384 e. The number of aliphatic hydroxyl groups excluding tert-OH is 1. The summed E-state index contributed by atoms with van der Waals surface area (Å²) in [5.74, 6) is -0.179. The lowest BCUT2D eigenvalue weighted by Crippen LogP contribution is -2.40. The maximum absolute atomic E-state index is 12.7. The van der Waals surface area contributed by atoms with Crippen LogP contribution in [0.25, 0.3) is 0 Å². The van der Waals surface area contributed by atoms with Crippen LogP contribution in [-0.2, 0) is 4.74 Å². The van der Waals surface area contributed by atoms with Gasteiger partial charge in [0, 0.05) is 18.2 Å². The molecule has 0 spiro atoms. The van der Waals surface area contributed by atoms with E-state index in [4.69, 9.17) is 4.74 Å². The fraction of sp³-hybridized carbons (Fsp3) is 0.188. The molecule has 0 bridgehead atoms. The van der Waals surface area contributed by atoms with E-state index in [0.29, 0.717) is 16.8 Å². The van der Waals surface area contributed by atoms with E-state index in [0.717, 1.165) is 0 Å². The van der Waals surface area contributed by atoms with Crippen molar-refractivity contribution in [2.75, 3.05) is 12.0 Å². The minimum absolute atomic E-state index is 0.179. The molecule has 2 atom stereocenters. The van der Waals surface area contributed by atoms with Gasteiger partial charge in [-0.25, -0.2) is 0 Å². The molecule has 3 rings (SSSR count). The van der Waals surface area contributed by atoms with Gasteiger partial charge in [0.25, 0.3) is 5.91 Å². The number of amides is 1. The van der Waals surface area contributed by atoms with Crippen LogP contribution in [0.1, 0.15) is 22.0 Å². The van der Waals surface area contributed by atoms with Gasteiger partial charge in [0.05, 0.1) is 5.69 Å². The molecule has 1 N–H and O–H groups in total. The number of fused-ring (bicyclic) bond motifs is 1. The first-order chi connectivity index (χ1) is 9.74. The second-order valence-corrected chi connectivity index (χ2v) is 4.67. The van der Waals surface area contributed by atoms with E-state index in [1.54, 1.807) is 12.1 Å². The molecule has 0 saturated carbocycles. The summed E-state index contributed by atoms with van der Waals surface area (Å²) >= 11 is 0. The van der Waals surface area contributed by atoms with Crippen molar-refractivity contribution in [1.82, 2.24) is 0 Å². The monoisotopic (exact) mass is 269 g/mol. The quantitative estimate of drug-likeness (QED) is 0.910. The van der Waals surface area contributed by atoms with Crippen molar-refractivity contribution >= 4 is 11.6 Å². The summed E-state index contributed by atoms with van der Waals surface area (Å²) in [5, 5.41) is 10.3. The van der Waals surface area contributed by atoms with Crippen LogP contribution in [0.15, 0.2) is 54.6 Å². The summed E-state index contributed by atoms with van der Waals surface area (Å²) in [6.45, 7) is 0. The van der Waals surface area contributed by atoms with Crippen LogP contribution < -0.4 is 4.90 Å². The number of methoxy groups -OCH3 is 1. The number of rotatable bonds is 2. The smallest absolute Gasteiger partial charge is 0.260 e. The van der Waals surface area contributed by atoms with Crippen molar-refractivity contribution in [3.63, 3.8) is 0 Å². The molecule has 2 aromatic rings. The Kier molecular flexibility index (Phi) is 3.26. The van der Waals surface area contributed by atoms with E-state index in [1.165, 1.54) is 12.0 Å². The maximum Gasteiger partial charge on any atom is 0.260 e. The van der Waals surface area contributed by atoms with E-state index >= 15 is 0 Å².